The van der Waals surface area contributed by atoms with Crippen LogP contribution < -0.4 is 25.2 Å². The fourth-order valence-corrected chi connectivity index (χ4v) is 4.51. The maximum Gasteiger partial charge on any atom is 0.387 e. The summed E-state index contributed by atoms with van der Waals surface area (Å²) in [6.45, 7) is -2.97. The fraction of sp³-hybridized carbons (Fsp3) is 0.296. The van der Waals surface area contributed by atoms with Crippen molar-refractivity contribution in [2.45, 2.75) is 25.1 Å². The van der Waals surface area contributed by atoms with Crippen LogP contribution in [0.5, 0.6) is 11.5 Å². The molecule has 2 heterocycles. The number of anilines is 1. The molecule has 1 fully saturated rings. The number of amides is 2. The van der Waals surface area contributed by atoms with Crippen LogP contribution >= 0.6 is 0 Å². The Kier molecular flexibility index (Phi) is 8.73. The second kappa shape index (κ2) is 12.2. The van der Waals surface area contributed by atoms with E-state index in [0.717, 1.165) is 29.2 Å². The summed E-state index contributed by atoms with van der Waals surface area (Å²) in [5.41, 5.74) is -1.08. The molecule has 9 nitrogen and oxygen atoms in total. The van der Waals surface area contributed by atoms with Gasteiger partial charge in [-0.1, -0.05) is 0 Å². The molecule has 1 saturated heterocycles. The standard InChI is InChI=1S/C27H25F4N3O6/c1-38-11-10-33-9-3-4-21(25(33)36)34-14-18(22-19(28)12-17(39-2)13-20(22)29)23(26(34)37)32-24(35)15-5-7-16(8-6-15)40-27(30)31/h3-9,12-13,18,23,27H,10-11,14H2,1-2H3,(H,32,35)/t18-,23-/m0/s1. The van der Waals surface area contributed by atoms with Gasteiger partial charge in [-0.3, -0.25) is 14.4 Å². The smallest absolute Gasteiger partial charge is 0.387 e. The number of hydrogen-bond donors (Lipinski definition) is 1. The normalized spacial score (nSPS) is 16.9. The van der Waals surface area contributed by atoms with Gasteiger partial charge in [-0.2, -0.15) is 8.78 Å². The van der Waals surface area contributed by atoms with Crippen molar-refractivity contribution in [1.29, 1.82) is 0 Å². The van der Waals surface area contributed by atoms with Gasteiger partial charge in [0.05, 0.1) is 13.7 Å². The van der Waals surface area contributed by atoms with Crippen molar-refractivity contribution in [2.24, 2.45) is 0 Å². The Bertz CT molecular complexity index is 1420. The van der Waals surface area contributed by atoms with Gasteiger partial charge in [-0.15, -0.1) is 0 Å². The highest BCUT2D eigenvalue weighted by molar-refractivity contribution is 6.05. The fourth-order valence-electron chi connectivity index (χ4n) is 4.51. The number of ether oxygens (including phenoxy) is 3. The molecule has 0 unspecified atom stereocenters. The van der Waals surface area contributed by atoms with Crippen LogP contribution in [0, 0.1) is 11.6 Å². The molecule has 2 amide bonds. The first-order valence-corrected chi connectivity index (χ1v) is 12.0. The third kappa shape index (κ3) is 5.93. The van der Waals surface area contributed by atoms with E-state index in [2.05, 4.69) is 10.1 Å². The van der Waals surface area contributed by atoms with Crippen LogP contribution in [0.1, 0.15) is 21.8 Å². The number of methoxy groups -OCH3 is 2. The van der Waals surface area contributed by atoms with E-state index in [9.17, 15) is 23.2 Å². The lowest BCUT2D eigenvalue weighted by atomic mass is 9.92. The number of halogens is 4. The van der Waals surface area contributed by atoms with E-state index in [4.69, 9.17) is 9.47 Å². The van der Waals surface area contributed by atoms with Gasteiger partial charge in [-0.05, 0) is 36.4 Å². The number of pyridine rings is 1. The van der Waals surface area contributed by atoms with E-state index in [-0.39, 0.29) is 42.4 Å². The first-order chi connectivity index (χ1) is 19.1. The number of nitrogens with zero attached hydrogens (tertiary/aromatic N) is 2. The van der Waals surface area contributed by atoms with Crippen LogP contribution in [0.3, 0.4) is 0 Å². The third-order valence-corrected chi connectivity index (χ3v) is 6.43. The number of carbonyl (C=O) groups excluding carboxylic acids is 2. The highest BCUT2D eigenvalue weighted by Crippen LogP contribution is 2.36. The highest BCUT2D eigenvalue weighted by Gasteiger charge is 2.46. The van der Waals surface area contributed by atoms with Crippen LogP contribution in [0.25, 0.3) is 0 Å². The van der Waals surface area contributed by atoms with Crippen molar-refractivity contribution in [3.05, 3.63) is 87.8 Å². The maximum absolute atomic E-state index is 15.2. The number of hydrogen-bond acceptors (Lipinski definition) is 6. The van der Waals surface area contributed by atoms with Crippen LogP contribution in [0.4, 0.5) is 23.2 Å². The second-order valence-electron chi connectivity index (χ2n) is 8.80. The zero-order valence-corrected chi connectivity index (χ0v) is 21.4. The van der Waals surface area contributed by atoms with Crippen molar-refractivity contribution in [3.8, 4) is 11.5 Å². The molecule has 2 atom stereocenters. The molecule has 212 valence electrons. The molecular formula is C27H25F4N3O6. The number of rotatable bonds is 10. The van der Waals surface area contributed by atoms with Gasteiger partial charge in [0, 0.05) is 55.6 Å². The van der Waals surface area contributed by atoms with Crippen LogP contribution in [0.2, 0.25) is 0 Å². The lowest BCUT2D eigenvalue weighted by Gasteiger charge is -2.20. The average molecular weight is 564 g/mol. The zero-order chi connectivity index (χ0) is 29.0. The van der Waals surface area contributed by atoms with Crippen molar-refractivity contribution in [1.82, 2.24) is 9.88 Å². The first kappa shape index (κ1) is 28.6. The van der Waals surface area contributed by atoms with E-state index >= 15 is 8.78 Å². The molecule has 40 heavy (non-hydrogen) atoms. The molecular weight excluding hydrogens is 538 g/mol. The Morgan fingerprint density at radius 1 is 1.05 bits per heavy atom. The third-order valence-electron chi connectivity index (χ3n) is 6.43. The van der Waals surface area contributed by atoms with E-state index in [1.54, 1.807) is 0 Å². The van der Waals surface area contributed by atoms with Gasteiger partial charge in [0.1, 0.15) is 34.9 Å². The van der Waals surface area contributed by atoms with Gasteiger partial charge < -0.3 is 29.0 Å². The van der Waals surface area contributed by atoms with Gasteiger partial charge in [-0.25, -0.2) is 8.78 Å². The molecule has 1 aliphatic heterocycles. The molecule has 0 radical (unpaired) electrons. The van der Waals surface area contributed by atoms with E-state index in [0.29, 0.717) is 0 Å². The van der Waals surface area contributed by atoms with Crippen molar-refractivity contribution in [3.63, 3.8) is 0 Å². The Morgan fingerprint density at radius 2 is 1.73 bits per heavy atom. The molecule has 4 rings (SSSR count). The predicted molar refractivity (Wildman–Crippen MR) is 135 cm³/mol. The number of nitrogens with one attached hydrogen (secondary N) is 1. The molecule has 0 spiro atoms. The SMILES string of the molecule is COCCn1cccc(N2C[C@@H](c3c(F)cc(OC)cc3F)[C@H](NC(=O)c3ccc(OC(F)F)cc3)C2=O)c1=O. The van der Waals surface area contributed by atoms with Crippen LogP contribution in [0.15, 0.2) is 59.5 Å². The molecule has 0 bridgehead atoms. The van der Waals surface area contributed by atoms with E-state index in [1.807, 2.05) is 0 Å². The number of benzene rings is 2. The lowest BCUT2D eigenvalue weighted by molar-refractivity contribution is -0.118. The summed E-state index contributed by atoms with van der Waals surface area (Å²) in [6.07, 6.45) is 1.51. The number of carbonyl (C=O) groups is 2. The summed E-state index contributed by atoms with van der Waals surface area (Å²) < 4.78 is 70.7. The Balaban J connectivity index is 1.71. The molecule has 0 aliphatic carbocycles. The molecule has 1 aliphatic rings. The minimum Gasteiger partial charge on any atom is -0.497 e. The van der Waals surface area contributed by atoms with Gasteiger partial charge in [0.25, 0.3) is 11.5 Å². The van der Waals surface area contributed by atoms with Gasteiger partial charge >= 0.3 is 6.61 Å². The van der Waals surface area contributed by atoms with E-state index < -0.39 is 53.1 Å². The maximum atomic E-state index is 15.2. The van der Waals surface area contributed by atoms with E-state index in [1.165, 1.54) is 49.2 Å². The van der Waals surface area contributed by atoms with Crippen molar-refractivity contribution < 1.29 is 41.4 Å². The Morgan fingerprint density at radius 3 is 2.33 bits per heavy atom. The number of aromatic nitrogens is 1. The largest absolute Gasteiger partial charge is 0.497 e. The number of alkyl halides is 2. The summed E-state index contributed by atoms with van der Waals surface area (Å²) >= 11 is 0. The van der Waals surface area contributed by atoms with Crippen molar-refractivity contribution in [2.75, 3.05) is 32.3 Å². The summed E-state index contributed by atoms with van der Waals surface area (Å²) in [7, 11) is 2.70. The summed E-state index contributed by atoms with van der Waals surface area (Å²) in [5, 5.41) is 2.49. The molecule has 3 aromatic rings. The topological polar surface area (TPSA) is 99.1 Å². The summed E-state index contributed by atoms with van der Waals surface area (Å²) in [6, 6.07) is 8.02. The van der Waals surface area contributed by atoms with Gasteiger partial charge in [0.2, 0.25) is 5.91 Å². The Hall–Kier alpha value is -4.39. The average Bonchev–Trinajstić information content (AvgIpc) is 3.22. The van der Waals surface area contributed by atoms with Crippen molar-refractivity contribution >= 4 is 17.5 Å². The molecule has 1 N–H and O–H groups in total. The summed E-state index contributed by atoms with van der Waals surface area (Å²) in [5.74, 6) is -5.11. The summed E-state index contributed by atoms with van der Waals surface area (Å²) in [4.78, 5) is 40.9. The predicted octanol–water partition coefficient (Wildman–Crippen LogP) is 3.31. The minimum atomic E-state index is -3.06. The second-order valence-corrected chi connectivity index (χ2v) is 8.80. The molecule has 2 aromatic carbocycles. The molecule has 13 heteroatoms. The highest BCUT2D eigenvalue weighted by atomic mass is 19.3. The zero-order valence-electron chi connectivity index (χ0n) is 21.4. The lowest BCUT2D eigenvalue weighted by Crippen LogP contribution is -2.44. The molecule has 1 aromatic heterocycles. The quantitative estimate of drug-likeness (QED) is 0.380. The monoisotopic (exact) mass is 563 g/mol. The van der Waals surface area contributed by atoms with Gasteiger partial charge in [0.15, 0.2) is 0 Å². The first-order valence-electron chi connectivity index (χ1n) is 12.0. The Labute approximate surface area is 225 Å². The van der Waals surface area contributed by atoms with Crippen LogP contribution in [-0.2, 0) is 16.1 Å². The van der Waals surface area contributed by atoms with Crippen LogP contribution in [-0.4, -0.2) is 56.4 Å². The minimum absolute atomic E-state index is 0.0241. The molecule has 0 saturated carbocycles.